The van der Waals surface area contributed by atoms with E-state index in [1.165, 1.54) is 19.3 Å². The summed E-state index contributed by atoms with van der Waals surface area (Å²) in [5.41, 5.74) is -0.108. The van der Waals surface area contributed by atoms with Crippen molar-refractivity contribution >= 4 is 5.97 Å². The zero-order valence-corrected chi connectivity index (χ0v) is 11.7. The van der Waals surface area contributed by atoms with Crippen molar-refractivity contribution in [3.8, 4) is 0 Å². The third kappa shape index (κ3) is 1.30. The highest BCUT2D eigenvalue weighted by atomic mass is 17.0. The van der Waals surface area contributed by atoms with Gasteiger partial charge in [-0.05, 0) is 23.7 Å². The predicted octanol–water partition coefficient (Wildman–Crippen LogP) is 2.91. The Morgan fingerprint density at radius 3 is 2.32 bits per heavy atom. The van der Waals surface area contributed by atoms with Crippen LogP contribution in [0.25, 0.3) is 0 Å². The molecular formula is C15H22O4. The molecule has 2 saturated carbocycles. The molecule has 19 heavy (non-hydrogen) atoms. The van der Waals surface area contributed by atoms with E-state index in [-0.39, 0.29) is 16.7 Å². The fourth-order valence-electron chi connectivity index (χ4n) is 4.93. The molecule has 1 N–H and O–H groups in total. The molecule has 0 aromatic heterocycles. The van der Waals surface area contributed by atoms with Gasteiger partial charge in [-0.1, -0.05) is 33.1 Å². The smallest absolute Gasteiger partial charge is 0.307 e. The van der Waals surface area contributed by atoms with Crippen molar-refractivity contribution in [2.75, 3.05) is 0 Å². The van der Waals surface area contributed by atoms with Gasteiger partial charge in [0.15, 0.2) is 0 Å². The van der Waals surface area contributed by atoms with Gasteiger partial charge in [0.05, 0.1) is 5.92 Å². The lowest BCUT2D eigenvalue weighted by Crippen LogP contribution is -2.50. The van der Waals surface area contributed by atoms with Gasteiger partial charge in [0.1, 0.15) is 0 Å². The Labute approximate surface area is 113 Å². The molecule has 4 fully saturated rings. The number of hydrogen-bond acceptors (Lipinski definition) is 3. The number of ether oxygens (including phenoxy) is 2. The molecule has 0 aromatic rings. The highest BCUT2D eigenvalue weighted by Crippen LogP contribution is 2.80. The largest absolute Gasteiger partial charge is 0.481 e. The van der Waals surface area contributed by atoms with E-state index in [0.717, 1.165) is 19.3 Å². The van der Waals surface area contributed by atoms with Gasteiger partial charge in [0, 0.05) is 12.8 Å². The quantitative estimate of drug-likeness (QED) is 0.781. The second-order valence-corrected chi connectivity index (χ2v) is 7.52. The molecule has 0 aromatic carbocycles. The second kappa shape index (κ2) is 3.17. The monoisotopic (exact) mass is 266 g/mol. The van der Waals surface area contributed by atoms with E-state index in [1.807, 2.05) is 0 Å². The number of carbonyl (C=O) groups is 1. The number of epoxide rings is 2. The summed E-state index contributed by atoms with van der Waals surface area (Å²) in [5, 5.41) is 9.67. The van der Waals surface area contributed by atoms with Gasteiger partial charge in [-0.25, -0.2) is 0 Å². The molecule has 0 bridgehead atoms. The standard InChI is InChI=1S/C15H22O4/c1-12(6-4-3-5-7-12)13(2)9-15-14(18-15,19-15)8-10(13)11(16)17/h10H,3-9H2,1-2H3,(H,16,17). The van der Waals surface area contributed by atoms with Gasteiger partial charge in [-0.15, -0.1) is 0 Å². The van der Waals surface area contributed by atoms with Crippen LogP contribution in [0.5, 0.6) is 0 Å². The molecule has 0 amide bonds. The van der Waals surface area contributed by atoms with Gasteiger partial charge in [-0.3, -0.25) is 4.79 Å². The number of rotatable bonds is 2. The van der Waals surface area contributed by atoms with Crippen LogP contribution in [0.1, 0.15) is 58.8 Å². The molecule has 2 aliphatic heterocycles. The summed E-state index contributed by atoms with van der Waals surface area (Å²) in [5.74, 6) is -1.91. The summed E-state index contributed by atoms with van der Waals surface area (Å²) >= 11 is 0. The van der Waals surface area contributed by atoms with Gasteiger partial charge < -0.3 is 14.6 Å². The van der Waals surface area contributed by atoms with Crippen LogP contribution >= 0.6 is 0 Å². The highest BCUT2D eigenvalue weighted by Gasteiger charge is 2.94. The first-order valence-corrected chi connectivity index (χ1v) is 7.50. The summed E-state index contributed by atoms with van der Waals surface area (Å²) in [6.45, 7) is 4.45. The zero-order chi connectivity index (χ0) is 13.5. The topological polar surface area (TPSA) is 62.4 Å². The fourth-order valence-corrected chi connectivity index (χ4v) is 4.93. The van der Waals surface area contributed by atoms with Gasteiger partial charge in [0.2, 0.25) is 11.6 Å². The number of carboxylic acids is 1. The van der Waals surface area contributed by atoms with Crippen LogP contribution in [0.3, 0.4) is 0 Å². The van der Waals surface area contributed by atoms with E-state index >= 15 is 0 Å². The normalized spacial score (nSPS) is 53.9. The van der Waals surface area contributed by atoms with Crippen molar-refractivity contribution in [1.82, 2.24) is 0 Å². The summed E-state index contributed by atoms with van der Waals surface area (Å²) in [6.07, 6.45) is 7.29. The lowest BCUT2D eigenvalue weighted by atomic mass is 9.50. The molecule has 2 atom stereocenters. The maximum atomic E-state index is 11.8. The van der Waals surface area contributed by atoms with Crippen LogP contribution in [0.4, 0.5) is 0 Å². The van der Waals surface area contributed by atoms with E-state index in [2.05, 4.69) is 13.8 Å². The van der Waals surface area contributed by atoms with E-state index in [1.54, 1.807) is 0 Å². The summed E-state index contributed by atoms with van der Waals surface area (Å²) in [6, 6.07) is 0. The van der Waals surface area contributed by atoms with E-state index in [4.69, 9.17) is 9.47 Å². The minimum Gasteiger partial charge on any atom is -0.481 e. The Bertz CT molecular complexity index is 445. The van der Waals surface area contributed by atoms with E-state index in [0.29, 0.717) is 6.42 Å². The third-order valence-corrected chi connectivity index (χ3v) is 6.63. The Kier molecular flexibility index (Phi) is 2.03. The first kappa shape index (κ1) is 12.2. The highest BCUT2D eigenvalue weighted by molar-refractivity contribution is 5.72. The average molecular weight is 266 g/mol. The third-order valence-electron chi connectivity index (χ3n) is 6.63. The first-order valence-electron chi connectivity index (χ1n) is 7.50. The number of aliphatic carboxylic acids is 1. The van der Waals surface area contributed by atoms with E-state index in [9.17, 15) is 9.90 Å². The molecule has 4 heteroatoms. The molecule has 2 aliphatic carbocycles. The molecule has 0 spiro atoms. The maximum absolute atomic E-state index is 11.8. The number of carboxylic acid groups (broad SMARTS) is 1. The molecule has 4 aliphatic rings. The second-order valence-electron chi connectivity index (χ2n) is 7.52. The van der Waals surface area contributed by atoms with Gasteiger partial charge >= 0.3 is 5.97 Å². The van der Waals surface area contributed by atoms with Crippen LogP contribution in [0.2, 0.25) is 0 Å². The lowest BCUT2D eigenvalue weighted by Gasteiger charge is -2.52. The maximum Gasteiger partial charge on any atom is 0.307 e. The number of hydrogen-bond donors (Lipinski definition) is 1. The molecule has 4 rings (SSSR count). The van der Waals surface area contributed by atoms with Crippen molar-refractivity contribution in [3.05, 3.63) is 0 Å². The molecule has 0 radical (unpaired) electrons. The summed E-state index contributed by atoms with van der Waals surface area (Å²) in [7, 11) is 0. The summed E-state index contributed by atoms with van der Waals surface area (Å²) in [4.78, 5) is 11.8. The summed E-state index contributed by atoms with van der Waals surface area (Å²) < 4.78 is 11.3. The van der Waals surface area contributed by atoms with Crippen molar-refractivity contribution in [2.45, 2.75) is 70.4 Å². The van der Waals surface area contributed by atoms with E-state index < -0.39 is 17.5 Å². The lowest BCUT2D eigenvalue weighted by molar-refractivity contribution is -0.155. The molecule has 106 valence electrons. The van der Waals surface area contributed by atoms with Crippen LogP contribution in [-0.4, -0.2) is 22.7 Å². The van der Waals surface area contributed by atoms with Gasteiger partial charge in [0.25, 0.3) is 0 Å². The predicted molar refractivity (Wildman–Crippen MR) is 67.3 cm³/mol. The molecule has 2 saturated heterocycles. The van der Waals surface area contributed by atoms with Crippen LogP contribution in [0, 0.1) is 16.7 Å². The SMILES string of the molecule is CC1(C2(C)CC34OC3(CC2C(=O)O)O4)CCCCC1. The minimum atomic E-state index is -0.678. The Morgan fingerprint density at radius 2 is 1.74 bits per heavy atom. The van der Waals surface area contributed by atoms with Gasteiger partial charge in [-0.2, -0.15) is 0 Å². The van der Waals surface area contributed by atoms with Crippen LogP contribution in [-0.2, 0) is 14.3 Å². The Balaban J connectivity index is 1.71. The minimum absolute atomic E-state index is 0.104. The van der Waals surface area contributed by atoms with Crippen LogP contribution < -0.4 is 0 Å². The fraction of sp³-hybridized carbons (Fsp3) is 0.933. The first-order chi connectivity index (χ1) is 8.87. The molecular weight excluding hydrogens is 244 g/mol. The molecule has 4 nitrogen and oxygen atoms in total. The van der Waals surface area contributed by atoms with Crippen molar-refractivity contribution in [1.29, 1.82) is 0 Å². The van der Waals surface area contributed by atoms with Crippen molar-refractivity contribution in [2.24, 2.45) is 16.7 Å². The molecule has 2 heterocycles. The molecule has 2 unspecified atom stereocenters. The Hall–Kier alpha value is -0.610. The van der Waals surface area contributed by atoms with Crippen molar-refractivity contribution in [3.63, 3.8) is 0 Å². The van der Waals surface area contributed by atoms with Crippen LogP contribution in [0.15, 0.2) is 0 Å². The Morgan fingerprint density at radius 1 is 1.11 bits per heavy atom. The van der Waals surface area contributed by atoms with Crippen molar-refractivity contribution < 1.29 is 19.4 Å². The average Bonchev–Trinajstić information content (AvgIpc) is 3.14. The zero-order valence-electron chi connectivity index (χ0n) is 11.7.